The number of nitriles is 1. The van der Waals surface area contributed by atoms with Crippen molar-refractivity contribution in [2.24, 2.45) is 0 Å². The fourth-order valence-corrected chi connectivity index (χ4v) is 8.21. The molecule has 2 aliphatic rings. The summed E-state index contributed by atoms with van der Waals surface area (Å²) in [6, 6.07) is 52.1. The molecule has 10 rings (SSSR count). The quantitative estimate of drug-likeness (QED) is 0.174. The van der Waals surface area contributed by atoms with E-state index in [1.54, 1.807) is 36.7 Å². The van der Waals surface area contributed by atoms with Crippen LogP contribution < -0.4 is 0 Å². The Kier molecular flexibility index (Phi) is 6.73. The van der Waals surface area contributed by atoms with Crippen LogP contribution in [0.4, 0.5) is 5.69 Å². The lowest BCUT2D eigenvalue weighted by molar-refractivity contribution is 0.794. The lowest BCUT2D eigenvalue weighted by Crippen LogP contribution is -2.25. The molecule has 0 fully saturated rings. The molecule has 244 valence electrons. The number of rotatable bonds is 4. The largest absolute Gasteiger partial charge is 0.257 e. The number of fused-ring (bicyclic) bond motifs is 10. The van der Waals surface area contributed by atoms with Crippen molar-refractivity contribution in [3.8, 4) is 73.6 Å². The summed E-state index contributed by atoms with van der Waals surface area (Å²) in [4.78, 5) is 22.7. The molecule has 6 heteroatoms. The molecule has 0 atom stereocenters. The minimum absolute atomic E-state index is 0.495. The molecule has 4 aromatic heterocycles. The molecule has 0 N–H and O–H groups in total. The van der Waals surface area contributed by atoms with Gasteiger partial charge in [0.05, 0.1) is 57.8 Å². The predicted octanol–water partition coefficient (Wildman–Crippen LogP) is 10.7. The van der Waals surface area contributed by atoms with Crippen molar-refractivity contribution in [1.29, 1.82) is 5.26 Å². The van der Waals surface area contributed by atoms with Gasteiger partial charge in [0.2, 0.25) is 0 Å². The van der Waals surface area contributed by atoms with E-state index in [-0.39, 0.29) is 0 Å². The molecular formula is C47H26N6. The number of benzene rings is 4. The Morgan fingerprint density at radius 1 is 0.472 bits per heavy atom. The second-order valence-corrected chi connectivity index (χ2v) is 13.2. The van der Waals surface area contributed by atoms with E-state index in [0.717, 1.165) is 33.6 Å². The zero-order valence-electron chi connectivity index (χ0n) is 28.2. The first-order valence-electron chi connectivity index (χ1n) is 17.3. The van der Waals surface area contributed by atoms with Gasteiger partial charge in [-0.25, -0.2) is 14.8 Å². The van der Waals surface area contributed by atoms with Gasteiger partial charge in [-0.15, -0.1) is 0 Å². The topological polar surface area (TPSA) is 79.7 Å². The molecule has 1 spiro atoms. The van der Waals surface area contributed by atoms with Crippen LogP contribution in [0.25, 0.3) is 72.4 Å². The molecule has 4 heterocycles. The fraction of sp³-hybridized carbons (Fsp3) is 0.0213. The van der Waals surface area contributed by atoms with Crippen LogP contribution in [-0.2, 0) is 5.41 Å². The number of nitrogens with zero attached hydrogens (tertiary/aromatic N) is 6. The SMILES string of the molecule is [C-]#[N+]c1ccnc(-c2cccc(-c3ccc4c(c3)-c3cc(-c5cccc(-c6cc(C#N)ccn6)n5)ccc3C43c4ccccc4-c4ccccc43)n2)c1. The Hall–Kier alpha value is -7.54. The van der Waals surface area contributed by atoms with Crippen LogP contribution in [0.15, 0.2) is 158 Å². The van der Waals surface area contributed by atoms with Crippen molar-refractivity contribution < 1.29 is 0 Å². The molecule has 0 saturated heterocycles. The van der Waals surface area contributed by atoms with Gasteiger partial charge < -0.3 is 0 Å². The van der Waals surface area contributed by atoms with Crippen LogP contribution in [0, 0.1) is 17.9 Å². The van der Waals surface area contributed by atoms with Crippen LogP contribution in [-0.4, -0.2) is 19.9 Å². The minimum atomic E-state index is -0.495. The van der Waals surface area contributed by atoms with Gasteiger partial charge in [0.1, 0.15) is 0 Å². The van der Waals surface area contributed by atoms with E-state index in [2.05, 4.69) is 106 Å². The van der Waals surface area contributed by atoms with Crippen molar-refractivity contribution in [2.75, 3.05) is 0 Å². The summed E-state index contributed by atoms with van der Waals surface area (Å²) >= 11 is 0. The minimum Gasteiger partial charge on any atom is -0.257 e. The van der Waals surface area contributed by atoms with Crippen molar-refractivity contribution in [3.05, 3.63) is 197 Å². The molecule has 0 saturated carbocycles. The molecule has 0 aliphatic heterocycles. The van der Waals surface area contributed by atoms with Crippen LogP contribution in [0.1, 0.15) is 27.8 Å². The van der Waals surface area contributed by atoms with Crippen molar-refractivity contribution in [2.45, 2.75) is 5.41 Å². The molecule has 0 unspecified atom stereocenters. The van der Waals surface area contributed by atoms with Crippen molar-refractivity contribution in [1.82, 2.24) is 19.9 Å². The van der Waals surface area contributed by atoms with E-state index < -0.39 is 5.41 Å². The highest BCUT2D eigenvalue weighted by Crippen LogP contribution is 2.63. The summed E-state index contributed by atoms with van der Waals surface area (Å²) in [6.45, 7) is 7.46. The Morgan fingerprint density at radius 2 is 0.981 bits per heavy atom. The van der Waals surface area contributed by atoms with Crippen LogP contribution in [0.5, 0.6) is 0 Å². The zero-order valence-corrected chi connectivity index (χ0v) is 28.2. The third-order valence-electron chi connectivity index (χ3n) is 10.5. The normalized spacial score (nSPS) is 12.6. The highest BCUT2D eigenvalue weighted by molar-refractivity contribution is 5.97. The molecule has 2 aliphatic carbocycles. The monoisotopic (exact) mass is 674 g/mol. The van der Waals surface area contributed by atoms with E-state index in [0.29, 0.717) is 34.0 Å². The molecule has 0 radical (unpaired) electrons. The van der Waals surface area contributed by atoms with Gasteiger partial charge in [0.25, 0.3) is 0 Å². The van der Waals surface area contributed by atoms with Gasteiger partial charge in [0, 0.05) is 23.5 Å². The first-order valence-corrected chi connectivity index (χ1v) is 17.3. The third-order valence-corrected chi connectivity index (χ3v) is 10.5. The first kappa shape index (κ1) is 30.3. The summed E-state index contributed by atoms with van der Waals surface area (Å²) in [5.74, 6) is 0. The number of hydrogen-bond acceptors (Lipinski definition) is 5. The average molecular weight is 675 g/mol. The van der Waals surface area contributed by atoms with Gasteiger partial charge in [-0.05, 0) is 105 Å². The van der Waals surface area contributed by atoms with Gasteiger partial charge in [-0.3, -0.25) is 9.97 Å². The number of pyridine rings is 4. The maximum Gasteiger partial charge on any atom is 0.190 e. The molecule has 6 nitrogen and oxygen atoms in total. The second kappa shape index (κ2) is 11.8. The summed E-state index contributed by atoms with van der Waals surface area (Å²) < 4.78 is 0. The summed E-state index contributed by atoms with van der Waals surface area (Å²) in [5, 5.41) is 9.48. The molecule has 4 aromatic carbocycles. The maximum absolute atomic E-state index is 9.48. The lowest BCUT2D eigenvalue weighted by Gasteiger charge is -2.30. The van der Waals surface area contributed by atoms with Crippen LogP contribution in [0.2, 0.25) is 0 Å². The number of aromatic nitrogens is 4. The fourth-order valence-electron chi connectivity index (χ4n) is 8.21. The van der Waals surface area contributed by atoms with E-state index in [9.17, 15) is 5.26 Å². The highest BCUT2D eigenvalue weighted by Gasteiger charge is 2.51. The van der Waals surface area contributed by atoms with Gasteiger partial charge in [0.15, 0.2) is 5.69 Å². The Balaban J connectivity index is 1.18. The standard InChI is InChI=1S/C47H26N6/c1-49-32-21-23-51-46(27-32)44-15-7-13-42(53-44)31-17-19-40-36(26-31)35-25-30(41-12-6-14-43(52-41)45-24-29(28-48)20-22-50-45)16-18-39(35)47(40)37-10-4-2-8-33(37)34-9-3-5-11-38(34)47/h2-27H. The molecular weight excluding hydrogens is 649 g/mol. The molecule has 0 amide bonds. The van der Waals surface area contributed by atoms with Gasteiger partial charge in [-0.2, -0.15) is 5.26 Å². The smallest absolute Gasteiger partial charge is 0.190 e. The summed E-state index contributed by atoms with van der Waals surface area (Å²) in [6.07, 6.45) is 3.30. The van der Waals surface area contributed by atoms with Gasteiger partial charge in [-0.1, -0.05) is 84.9 Å². The first-order chi connectivity index (χ1) is 26.1. The van der Waals surface area contributed by atoms with E-state index in [1.807, 2.05) is 36.4 Å². The molecule has 53 heavy (non-hydrogen) atoms. The van der Waals surface area contributed by atoms with Crippen molar-refractivity contribution in [3.63, 3.8) is 0 Å². The Morgan fingerprint density at radius 3 is 1.55 bits per heavy atom. The zero-order chi connectivity index (χ0) is 35.5. The van der Waals surface area contributed by atoms with E-state index in [1.165, 1.54) is 33.4 Å². The summed E-state index contributed by atoms with van der Waals surface area (Å²) in [7, 11) is 0. The van der Waals surface area contributed by atoms with Crippen LogP contribution in [0.3, 0.4) is 0 Å². The highest BCUT2D eigenvalue weighted by atomic mass is 14.8. The van der Waals surface area contributed by atoms with E-state index in [4.69, 9.17) is 16.5 Å². The molecule has 8 aromatic rings. The van der Waals surface area contributed by atoms with Crippen LogP contribution >= 0.6 is 0 Å². The van der Waals surface area contributed by atoms with E-state index >= 15 is 0 Å². The Labute approximate surface area is 306 Å². The molecule has 0 bridgehead atoms. The second-order valence-electron chi connectivity index (χ2n) is 13.2. The van der Waals surface area contributed by atoms with Gasteiger partial charge >= 0.3 is 0 Å². The Bertz CT molecular complexity index is 2700. The predicted molar refractivity (Wildman–Crippen MR) is 207 cm³/mol. The maximum atomic E-state index is 9.48. The number of hydrogen-bond donors (Lipinski definition) is 0. The lowest BCUT2D eigenvalue weighted by atomic mass is 9.70. The van der Waals surface area contributed by atoms with Crippen molar-refractivity contribution >= 4 is 5.69 Å². The third kappa shape index (κ3) is 4.57. The average Bonchev–Trinajstić information content (AvgIpc) is 3.70. The summed E-state index contributed by atoms with van der Waals surface area (Å²) in [5.41, 5.74) is 16.7.